The molecule has 0 fully saturated rings. The highest BCUT2D eigenvalue weighted by Gasteiger charge is 2.17. The molecule has 6 heteroatoms. The van der Waals surface area contributed by atoms with Crippen molar-refractivity contribution in [3.05, 3.63) is 35.0 Å². The minimum atomic E-state index is -3.40. The van der Waals surface area contributed by atoms with E-state index in [0.717, 1.165) is 22.2 Å². The van der Waals surface area contributed by atoms with Gasteiger partial charge in [0.2, 0.25) is 0 Å². The van der Waals surface area contributed by atoms with E-state index in [-0.39, 0.29) is 0 Å². The van der Waals surface area contributed by atoms with Crippen LogP contribution in [0.4, 0.5) is 0 Å². The number of hydrogen-bond acceptors (Lipinski definition) is 2. The second-order valence-electron chi connectivity index (χ2n) is 5.17. The lowest BCUT2D eigenvalue weighted by Gasteiger charge is -2.18. The maximum atomic E-state index is 12.1. The summed E-state index contributed by atoms with van der Waals surface area (Å²) < 4.78 is 28.3. The minimum Gasteiger partial charge on any atom is -0.358 e. The van der Waals surface area contributed by atoms with Crippen LogP contribution in [-0.4, -0.2) is 30.8 Å². The van der Waals surface area contributed by atoms with Gasteiger partial charge >= 0.3 is 0 Å². The Morgan fingerprint density at radius 3 is 2.48 bits per heavy atom. The van der Waals surface area contributed by atoms with Crippen LogP contribution in [0.5, 0.6) is 0 Å². The van der Waals surface area contributed by atoms with Crippen molar-refractivity contribution in [2.24, 2.45) is 0 Å². The molecule has 0 amide bonds. The maximum absolute atomic E-state index is 12.1. The molecule has 2 N–H and O–H groups in total. The van der Waals surface area contributed by atoms with Gasteiger partial charge in [0, 0.05) is 36.2 Å². The first-order valence-corrected chi connectivity index (χ1v) is 8.65. The van der Waals surface area contributed by atoms with E-state index in [1.54, 1.807) is 0 Å². The molecule has 0 aliphatic carbocycles. The van der Waals surface area contributed by atoms with E-state index in [9.17, 15) is 8.42 Å². The molecule has 2 rings (SSSR count). The zero-order chi connectivity index (χ0) is 15.6. The molecule has 1 aromatic carbocycles. The van der Waals surface area contributed by atoms with Gasteiger partial charge in [-0.3, -0.25) is 0 Å². The van der Waals surface area contributed by atoms with E-state index in [1.807, 2.05) is 39.0 Å². The molecule has 0 spiro atoms. The number of nitrogens with zero attached hydrogens (tertiary/aromatic N) is 1. The number of fused-ring (bicyclic) bond motifs is 1. The van der Waals surface area contributed by atoms with Crippen molar-refractivity contribution in [1.82, 2.24) is 14.0 Å². The Morgan fingerprint density at radius 1 is 1.19 bits per heavy atom. The van der Waals surface area contributed by atoms with E-state index in [0.29, 0.717) is 19.6 Å². The molecule has 21 heavy (non-hydrogen) atoms. The molecule has 0 atom stereocenters. The van der Waals surface area contributed by atoms with Crippen molar-refractivity contribution < 1.29 is 8.42 Å². The summed E-state index contributed by atoms with van der Waals surface area (Å²) in [5, 5.41) is 1.15. The SMILES string of the molecule is CCN(CC)S(=O)(=O)NCc1ccc2[nH]c(C)c(C)c2c1. The normalized spacial score (nSPS) is 12.4. The van der Waals surface area contributed by atoms with E-state index in [1.165, 1.54) is 9.87 Å². The van der Waals surface area contributed by atoms with Crippen molar-refractivity contribution in [1.29, 1.82) is 0 Å². The number of nitrogens with one attached hydrogen (secondary N) is 2. The molecule has 116 valence electrons. The molecule has 0 aliphatic rings. The van der Waals surface area contributed by atoms with Gasteiger partial charge in [-0.05, 0) is 37.1 Å². The Kier molecular flexibility index (Phi) is 4.70. The highest BCUT2D eigenvalue weighted by molar-refractivity contribution is 7.87. The van der Waals surface area contributed by atoms with Gasteiger partial charge in [0.15, 0.2) is 0 Å². The molecule has 1 heterocycles. The van der Waals surface area contributed by atoms with E-state index in [4.69, 9.17) is 0 Å². The van der Waals surface area contributed by atoms with Crippen molar-refractivity contribution in [3.63, 3.8) is 0 Å². The molecule has 2 aromatic rings. The van der Waals surface area contributed by atoms with E-state index in [2.05, 4.69) is 16.6 Å². The van der Waals surface area contributed by atoms with Crippen molar-refractivity contribution in [2.75, 3.05) is 13.1 Å². The highest BCUT2D eigenvalue weighted by Crippen LogP contribution is 2.22. The lowest BCUT2D eigenvalue weighted by atomic mass is 10.1. The summed E-state index contributed by atoms with van der Waals surface area (Å²) in [4.78, 5) is 3.32. The molecule has 1 aromatic heterocycles. The number of aryl methyl sites for hydroxylation is 2. The molecule has 0 radical (unpaired) electrons. The molecule has 5 nitrogen and oxygen atoms in total. The third-order valence-electron chi connectivity index (χ3n) is 3.88. The number of rotatable bonds is 6. The molecular weight excluding hydrogens is 286 g/mol. The Hall–Kier alpha value is -1.37. The van der Waals surface area contributed by atoms with Gasteiger partial charge in [-0.2, -0.15) is 17.4 Å². The van der Waals surface area contributed by atoms with Crippen LogP contribution in [0.15, 0.2) is 18.2 Å². The standard InChI is InChI=1S/C15H23N3O2S/c1-5-18(6-2)21(19,20)16-10-13-7-8-15-14(9-13)11(3)12(4)17-15/h7-9,16-17H,5-6,10H2,1-4H3. The first-order valence-electron chi connectivity index (χ1n) is 7.21. The van der Waals surface area contributed by atoms with E-state index < -0.39 is 10.2 Å². The van der Waals surface area contributed by atoms with Crippen LogP contribution in [0.1, 0.15) is 30.7 Å². The van der Waals surface area contributed by atoms with E-state index >= 15 is 0 Å². The fraction of sp³-hybridized carbons (Fsp3) is 0.467. The fourth-order valence-corrected chi connectivity index (χ4v) is 3.66. The smallest absolute Gasteiger partial charge is 0.279 e. The lowest BCUT2D eigenvalue weighted by molar-refractivity contribution is 0.434. The van der Waals surface area contributed by atoms with Gasteiger partial charge in [-0.25, -0.2) is 0 Å². The number of aromatic nitrogens is 1. The van der Waals surface area contributed by atoms with Gasteiger partial charge < -0.3 is 4.98 Å². The quantitative estimate of drug-likeness (QED) is 0.861. The zero-order valence-corrected chi connectivity index (χ0v) is 13.8. The average molecular weight is 309 g/mol. The fourth-order valence-electron chi connectivity index (χ4n) is 2.45. The third kappa shape index (κ3) is 3.28. The van der Waals surface area contributed by atoms with Crippen molar-refractivity contribution >= 4 is 21.1 Å². The highest BCUT2D eigenvalue weighted by atomic mass is 32.2. The predicted octanol–water partition coefficient (Wildman–Crippen LogP) is 2.46. The van der Waals surface area contributed by atoms with Crippen molar-refractivity contribution in [3.8, 4) is 0 Å². The molecular formula is C15H23N3O2S. The second kappa shape index (κ2) is 6.17. The van der Waals surface area contributed by atoms with Gasteiger partial charge in [-0.15, -0.1) is 0 Å². The Balaban J connectivity index is 2.19. The first-order chi connectivity index (χ1) is 9.89. The third-order valence-corrected chi connectivity index (χ3v) is 5.58. The predicted molar refractivity (Wildman–Crippen MR) is 86.5 cm³/mol. The second-order valence-corrected chi connectivity index (χ2v) is 6.92. The maximum Gasteiger partial charge on any atom is 0.279 e. The summed E-state index contributed by atoms with van der Waals surface area (Å²) in [7, 11) is -3.40. The first kappa shape index (κ1) is 16.0. The van der Waals surface area contributed by atoms with Gasteiger partial charge in [0.25, 0.3) is 10.2 Å². The largest absolute Gasteiger partial charge is 0.358 e. The molecule has 0 aliphatic heterocycles. The van der Waals surface area contributed by atoms with Crippen LogP contribution >= 0.6 is 0 Å². The summed E-state index contributed by atoms with van der Waals surface area (Å²) in [6.07, 6.45) is 0. The molecule has 0 bridgehead atoms. The van der Waals surface area contributed by atoms with Crippen molar-refractivity contribution in [2.45, 2.75) is 34.2 Å². The van der Waals surface area contributed by atoms with Crippen LogP contribution in [-0.2, 0) is 16.8 Å². The van der Waals surface area contributed by atoms with Crippen LogP contribution < -0.4 is 4.72 Å². The zero-order valence-electron chi connectivity index (χ0n) is 13.0. The molecule has 0 saturated carbocycles. The summed E-state index contributed by atoms with van der Waals surface area (Å²) >= 11 is 0. The Labute approximate surface area is 126 Å². The van der Waals surface area contributed by atoms with Gasteiger partial charge in [-0.1, -0.05) is 19.9 Å². The van der Waals surface area contributed by atoms with Gasteiger partial charge in [0.05, 0.1) is 0 Å². The van der Waals surface area contributed by atoms with Crippen LogP contribution in [0, 0.1) is 13.8 Å². The lowest BCUT2D eigenvalue weighted by Crippen LogP contribution is -2.40. The summed E-state index contributed by atoms with van der Waals surface area (Å²) in [6, 6.07) is 5.98. The number of hydrogen-bond donors (Lipinski definition) is 2. The monoisotopic (exact) mass is 309 g/mol. The summed E-state index contributed by atoms with van der Waals surface area (Å²) in [6.45, 7) is 9.03. The summed E-state index contributed by atoms with van der Waals surface area (Å²) in [5.74, 6) is 0. The number of aromatic amines is 1. The van der Waals surface area contributed by atoms with Crippen LogP contribution in [0.2, 0.25) is 0 Å². The molecule has 0 saturated heterocycles. The topological polar surface area (TPSA) is 65.2 Å². The van der Waals surface area contributed by atoms with Gasteiger partial charge in [0.1, 0.15) is 0 Å². The minimum absolute atomic E-state index is 0.304. The number of H-pyrrole nitrogens is 1. The van der Waals surface area contributed by atoms with Crippen LogP contribution in [0.25, 0.3) is 10.9 Å². The van der Waals surface area contributed by atoms with Crippen LogP contribution in [0.3, 0.4) is 0 Å². The number of benzene rings is 1. The molecule has 0 unspecified atom stereocenters. The summed E-state index contributed by atoms with van der Waals surface area (Å²) in [5.41, 5.74) is 4.39. The average Bonchev–Trinajstić information content (AvgIpc) is 2.73. The Bertz CT molecular complexity index is 731. The Morgan fingerprint density at radius 2 is 1.86 bits per heavy atom.